The van der Waals surface area contributed by atoms with E-state index >= 15 is 0 Å². The molecular weight excluding hydrogens is 597 g/mol. The Morgan fingerprint density at radius 3 is 1.84 bits per heavy atom. The first-order valence-corrected chi connectivity index (χ1v) is 16.7. The van der Waals surface area contributed by atoms with Crippen LogP contribution in [0, 0.1) is 0 Å². The van der Waals surface area contributed by atoms with E-state index in [0.717, 1.165) is 55.8 Å². The predicted molar refractivity (Wildman–Crippen MR) is 206 cm³/mol. The van der Waals surface area contributed by atoms with E-state index in [1.54, 1.807) is 0 Å². The van der Waals surface area contributed by atoms with Gasteiger partial charge in [0.25, 0.3) is 0 Å². The quantitative estimate of drug-likeness (QED) is 0.190. The zero-order valence-corrected chi connectivity index (χ0v) is 26.6. The van der Waals surface area contributed by atoms with Gasteiger partial charge in [-0.3, -0.25) is 0 Å². The van der Waals surface area contributed by atoms with Gasteiger partial charge in [0.05, 0.1) is 16.7 Å². The molecule has 0 atom stereocenters. The van der Waals surface area contributed by atoms with Gasteiger partial charge in [-0.1, -0.05) is 109 Å². The van der Waals surface area contributed by atoms with Crippen LogP contribution in [0.15, 0.2) is 186 Å². The van der Waals surface area contributed by atoms with Crippen molar-refractivity contribution in [2.24, 2.45) is 0 Å². The molecule has 0 saturated heterocycles. The van der Waals surface area contributed by atoms with Gasteiger partial charge in [0.1, 0.15) is 11.2 Å². The van der Waals surface area contributed by atoms with Crippen molar-refractivity contribution in [1.29, 1.82) is 0 Å². The summed E-state index contributed by atoms with van der Waals surface area (Å²) in [7, 11) is 0. The van der Waals surface area contributed by atoms with Crippen molar-refractivity contribution in [2.45, 2.75) is 0 Å². The number of furan rings is 1. The maximum Gasteiger partial charge on any atom is 0.137 e. The van der Waals surface area contributed by atoms with Gasteiger partial charge in [-0.2, -0.15) is 0 Å². The topological polar surface area (TPSA) is 21.3 Å². The Morgan fingerprint density at radius 2 is 1.00 bits per heavy atom. The summed E-state index contributed by atoms with van der Waals surface area (Å²) in [5.74, 6) is 0. The monoisotopic (exact) mass is 626 g/mol. The lowest BCUT2D eigenvalue weighted by molar-refractivity contribution is 0.669. The molecule has 0 saturated carbocycles. The normalized spacial score (nSPS) is 11.7. The maximum absolute atomic E-state index is 6.66. The zero-order chi connectivity index (χ0) is 32.3. The summed E-state index contributed by atoms with van der Waals surface area (Å²) in [6.45, 7) is 0. The Bertz CT molecular complexity index is 2820. The predicted octanol–water partition coefficient (Wildman–Crippen LogP) is 13.0. The van der Waals surface area contributed by atoms with Crippen LogP contribution in [0.2, 0.25) is 0 Å². The molecule has 10 aromatic rings. The van der Waals surface area contributed by atoms with Crippen molar-refractivity contribution in [3.8, 4) is 16.8 Å². The molecule has 0 unspecified atom stereocenters. The molecule has 0 N–H and O–H groups in total. The standard InChI is InChI=1S/C46H30N2O/c1-3-14-34(15-4-1)47(42-21-11-13-31-12-7-8-18-37(31)42)36-24-27-41-40-26-23-33(29-45(40)49-46(41)30-36)32-22-25-39-38-19-9-10-20-43(38)48(44(39)28-32)35-16-5-2-6-17-35/h1-30H. The third-order valence-electron chi connectivity index (χ3n) is 9.76. The van der Waals surface area contributed by atoms with Crippen molar-refractivity contribution < 1.29 is 4.42 Å². The molecule has 0 aliphatic rings. The Labute approximate surface area is 283 Å². The summed E-state index contributed by atoms with van der Waals surface area (Å²) in [4.78, 5) is 2.32. The van der Waals surface area contributed by atoms with Gasteiger partial charge >= 0.3 is 0 Å². The van der Waals surface area contributed by atoms with Gasteiger partial charge in [-0.25, -0.2) is 0 Å². The van der Waals surface area contributed by atoms with Crippen LogP contribution in [0.3, 0.4) is 0 Å². The fourth-order valence-corrected chi connectivity index (χ4v) is 7.50. The highest BCUT2D eigenvalue weighted by atomic mass is 16.3. The number of aromatic nitrogens is 1. The summed E-state index contributed by atoms with van der Waals surface area (Å²) >= 11 is 0. The second-order valence-electron chi connectivity index (χ2n) is 12.6. The van der Waals surface area contributed by atoms with Crippen LogP contribution in [0.4, 0.5) is 17.1 Å². The number of nitrogens with zero attached hydrogens (tertiary/aromatic N) is 2. The minimum atomic E-state index is 0.866. The van der Waals surface area contributed by atoms with Gasteiger partial charge in [-0.15, -0.1) is 0 Å². The van der Waals surface area contributed by atoms with Crippen LogP contribution in [-0.2, 0) is 0 Å². The molecule has 49 heavy (non-hydrogen) atoms. The summed E-state index contributed by atoms with van der Waals surface area (Å²) in [5.41, 5.74) is 10.9. The fraction of sp³-hybridized carbons (Fsp3) is 0. The van der Waals surface area contributed by atoms with Gasteiger partial charge in [0.2, 0.25) is 0 Å². The second-order valence-corrected chi connectivity index (χ2v) is 12.6. The van der Waals surface area contributed by atoms with E-state index in [-0.39, 0.29) is 0 Å². The third-order valence-corrected chi connectivity index (χ3v) is 9.76. The van der Waals surface area contributed by atoms with E-state index < -0.39 is 0 Å². The first-order chi connectivity index (χ1) is 24.3. The van der Waals surface area contributed by atoms with Crippen LogP contribution in [0.1, 0.15) is 0 Å². The van der Waals surface area contributed by atoms with E-state index in [4.69, 9.17) is 4.42 Å². The molecule has 0 amide bonds. The van der Waals surface area contributed by atoms with E-state index in [9.17, 15) is 0 Å². The molecule has 0 radical (unpaired) electrons. The van der Waals surface area contributed by atoms with Crippen LogP contribution in [0.5, 0.6) is 0 Å². The molecule has 0 spiro atoms. The lowest BCUT2D eigenvalue weighted by atomic mass is 10.0. The van der Waals surface area contributed by atoms with Crippen molar-refractivity contribution in [3.63, 3.8) is 0 Å². The largest absolute Gasteiger partial charge is 0.456 e. The third kappa shape index (κ3) is 4.44. The van der Waals surface area contributed by atoms with Crippen LogP contribution in [0.25, 0.3) is 71.3 Å². The number of hydrogen-bond acceptors (Lipinski definition) is 2. The molecule has 0 aliphatic heterocycles. The number of fused-ring (bicyclic) bond motifs is 7. The Hall–Kier alpha value is -6.58. The van der Waals surface area contributed by atoms with Gasteiger partial charge in [0, 0.05) is 50.1 Å². The van der Waals surface area contributed by atoms with Crippen LogP contribution >= 0.6 is 0 Å². The molecule has 3 nitrogen and oxygen atoms in total. The molecule has 2 heterocycles. The summed E-state index contributed by atoms with van der Waals surface area (Å²) in [5, 5.41) is 7.13. The van der Waals surface area contributed by atoms with Gasteiger partial charge < -0.3 is 13.9 Å². The molecule has 0 bridgehead atoms. The van der Waals surface area contributed by atoms with Crippen LogP contribution < -0.4 is 4.90 Å². The minimum absolute atomic E-state index is 0.866. The van der Waals surface area contributed by atoms with Gasteiger partial charge in [0.15, 0.2) is 0 Å². The van der Waals surface area contributed by atoms with Crippen molar-refractivity contribution in [2.75, 3.05) is 4.90 Å². The molecule has 3 heteroatoms. The maximum atomic E-state index is 6.66. The Morgan fingerprint density at radius 1 is 0.388 bits per heavy atom. The minimum Gasteiger partial charge on any atom is -0.456 e. The SMILES string of the molecule is c1ccc(N(c2ccc3c(c2)oc2cc(-c4ccc5c6ccccc6n(-c6ccccc6)c5c4)ccc23)c2cccc3ccccc23)cc1. The highest BCUT2D eigenvalue weighted by Crippen LogP contribution is 2.42. The number of para-hydroxylation sites is 3. The van der Waals surface area contributed by atoms with E-state index in [2.05, 4.69) is 191 Å². The van der Waals surface area contributed by atoms with Crippen molar-refractivity contribution >= 4 is 71.6 Å². The Balaban J connectivity index is 1.11. The number of hydrogen-bond donors (Lipinski definition) is 0. The average molecular weight is 627 g/mol. The van der Waals surface area contributed by atoms with E-state index in [0.29, 0.717) is 0 Å². The van der Waals surface area contributed by atoms with Crippen molar-refractivity contribution in [3.05, 3.63) is 182 Å². The molecule has 230 valence electrons. The molecule has 2 aromatic heterocycles. The zero-order valence-electron chi connectivity index (χ0n) is 26.6. The number of rotatable bonds is 5. The van der Waals surface area contributed by atoms with Crippen molar-refractivity contribution in [1.82, 2.24) is 4.57 Å². The smallest absolute Gasteiger partial charge is 0.137 e. The lowest BCUT2D eigenvalue weighted by Gasteiger charge is -2.26. The summed E-state index contributed by atoms with van der Waals surface area (Å²) in [6, 6.07) is 64.8. The number of anilines is 3. The first kappa shape index (κ1) is 27.5. The summed E-state index contributed by atoms with van der Waals surface area (Å²) < 4.78 is 9.03. The van der Waals surface area contributed by atoms with Gasteiger partial charge in [-0.05, 0) is 83.2 Å². The number of benzene rings is 8. The molecular formula is C46H30N2O. The van der Waals surface area contributed by atoms with Crippen LogP contribution in [-0.4, -0.2) is 4.57 Å². The molecule has 8 aromatic carbocycles. The molecule has 10 rings (SSSR count). The average Bonchev–Trinajstić information content (AvgIpc) is 3.70. The Kier molecular flexibility index (Phi) is 6.18. The molecule has 0 aliphatic carbocycles. The second kappa shape index (κ2) is 11.0. The van der Waals surface area contributed by atoms with E-state index in [1.165, 1.54) is 32.6 Å². The fourth-order valence-electron chi connectivity index (χ4n) is 7.50. The lowest BCUT2D eigenvalue weighted by Crippen LogP contribution is -2.10. The van der Waals surface area contributed by atoms with E-state index in [1.807, 2.05) is 0 Å². The molecule has 0 fully saturated rings. The summed E-state index contributed by atoms with van der Waals surface area (Å²) in [6.07, 6.45) is 0. The highest BCUT2D eigenvalue weighted by Gasteiger charge is 2.18. The highest BCUT2D eigenvalue weighted by molar-refractivity contribution is 6.11. The first-order valence-electron chi connectivity index (χ1n) is 16.7.